The van der Waals surface area contributed by atoms with Gasteiger partial charge in [0.1, 0.15) is 5.75 Å². The summed E-state index contributed by atoms with van der Waals surface area (Å²) in [5.41, 5.74) is 0. The van der Waals surface area contributed by atoms with Crippen molar-refractivity contribution >= 4 is 30.1 Å². The Balaban J connectivity index is 2.48. The van der Waals surface area contributed by atoms with Gasteiger partial charge < -0.3 is 9.64 Å². The van der Waals surface area contributed by atoms with Crippen LogP contribution in [0, 0.1) is 0 Å². The van der Waals surface area contributed by atoms with Gasteiger partial charge in [0.25, 0.3) is 0 Å². The second-order valence-electron chi connectivity index (χ2n) is 6.49. The Kier molecular flexibility index (Phi) is 4.91. The van der Waals surface area contributed by atoms with Gasteiger partial charge in [-0.2, -0.15) is 0 Å². The van der Waals surface area contributed by atoms with E-state index in [-0.39, 0.29) is 6.09 Å². The molecule has 2 aromatic carbocycles. The molecule has 0 aliphatic carbocycles. The van der Waals surface area contributed by atoms with Crippen LogP contribution in [0.25, 0.3) is 10.8 Å². The predicted molar refractivity (Wildman–Crippen MR) is 95.9 cm³/mol. The fourth-order valence-corrected chi connectivity index (χ4v) is 3.98. The normalized spacial score (nSPS) is 11.5. The van der Waals surface area contributed by atoms with E-state index in [0.717, 1.165) is 11.1 Å². The van der Waals surface area contributed by atoms with Crippen LogP contribution in [0.5, 0.6) is 5.75 Å². The Hall–Kier alpha value is -1.81. The van der Waals surface area contributed by atoms with Gasteiger partial charge >= 0.3 is 6.09 Å². The number of rotatable bonds is 4. The van der Waals surface area contributed by atoms with Crippen LogP contribution in [0.4, 0.5) is 4.79 Å². The van der Waals surface area contributed by atoms with Crippen LogP contribution < -0.4 is 9.92 Å². The lowest BCUT2D eigenvalue weighted by Crippen LogP contribution is -2.41. The number of benzene rings is 2. The lowest BCUT2D eigenvalue weighted by Gasteiger charge is -2.24. The molecule has 0 bridgehead atoms. The molecular formula is C18H25NO2Si. The molecular weight excluding hydrogens is 290 g/mol. The minimum absolute atomic E-state index is 0.264. The van der Waals surface area contributed by atoms with Crippen molar-refractivity contribution in [3.05, 3.63) is 36.4 Å². The third-order valence-electron chi connectivity index (χ3n) is 3.87. The van der Waals surface area contributed by atoms with Crippen LogP contribution in [0.2, 0.25) is 19.6 Å². The molecule has 0 radical (unpaired) electrons. The first-order valence-electron chi connectivity index (χ1n) is 7.86. The smallest absolute Gasteiger partial charge is 0.410 e. The Morgan fingerprint density at radius 3 is 2.09 bits per heavy atom. The SMILES string of the molecule is CCN(CC)C(=O)Oc1cc2ccccc2cc1[Si](C)(C)C. The molecule has 0 saturated heterocycles. The van der Waals surface area contributed by atoms with Crippen LogP contribution in [0.15, 0.2) is 36.4 Å². The van der Waals surface area contributed by atoms with E-state index < -0.39 is 8.07 Å². The van der Waals surface area contributed by atoms with Crippen LogP contribution in [0.1, 0.15) is 13.8 Å². The summed E-state index contributed by atoms with van der Waals surface area (Å²) in [5, 5.41) is 3.49. The largest absolute Gasteiger partial charge is 0.415 e. The maximum absolute atomic E-state index is 12.3. The number of ether oxygens (including phenoxy) is 1. The first-order chi connectivity index (χ1) is 10.4. The minimum atomic E-state index is -1.61. The van der Waals surface area contributed by atoms with E-state index in [1.165, 1.54) is 10.6 Å². The molecule has 0 aromatic heterocycles. The van der Waals surface area contributed by atoms with Crippen LogP contribution in [0.3, 0.4) is 0 Å². The lowest BCUT2D eigenvalue weighted by molar-refractivity contribution is 0.157. The molecule has 22 heavy (non-hydrogen) atoms. The van der Waals surface area contributed by atoms with Gasteiger partial charge in [-0.15, -0.1) is 0 Å². The zero-order chi connectivity index (χ0) is 16.3. The second-order valence-corrected chi connectivity index (χ2v) is 11.5. The predicted octanol–water partition coefficient (Wildman–Crippen LogP) is 4.23. The van der Waals surface area contributed by atoms with Gasteiger partial charge in [0.05, 0.1) is 8.07 Å². The van der Waals surface area contributed by atoms with Crippen molar-refractivity contribution in [1.82, 2.24) is 4.90 Å². The Morgan fingerprint density at radius 1 is 1.05 bits per heavy atom. The number of carbonyl (C=O) groups is 1. The summed E-state index contributed by atoms with van der Waals surface area (Å²) in [4.78, 5) is 14.0. The summed E-state index contributed by atoms with van der Waals surface area (Å²) in [6.45, 7) is 12.1. The second kappa shape index (κ2) is 6.52. The van der Waals surface area contributed by atoms with E-state index in [9.17, 15) is 4.79 Å². The third-order valence-corrected chi connectivity index (χ3v) is 5.88. The van der Waals surface area contributed by atoms with Gasteiger partial charge in [-0.3, -0.25) is 0 Å². The van der Waals surface area contributed by atoms with E-state index in [4.69, 9.17) is 4.74 Å². The zero-order valence-electron chi connectivity index (χ0n) is 14.1. The zero-order valence-corrected chi connectivity index (χ0v) is 15.1. The molecule has 0 N–H and O–H groups in total. The molecule has 0 aliphatic rings. The summed E-state index contributed by atoms with van der Waals surface area (Å²) >= 11 is 0. The number of nitrogens with zero attached hydrogens (tertiary/aromatic N) is 1. The number of carbonyl (C=O) groups excluding carboxylic acids is 1. The molecule has 0 fully saturated rings. The summed E-state index contributed by atoms with van der Waals surface area (Å²) in [5.74, 6) is 0.717. The highest BCUT2D eigenvalue weighted by atomic mass is 28.3. The topological polar surface area (TPSA) is 29.5 Å². The van der Waals surface area contributed by atoms with Crippen molar-refractivity contribution in [2.45, 2.75) is 33.5 Å². The highest BCUT2D eigenvalue weighted by Gasteiger charge is 2.24. The van der Waals surface area contributed by atoms with Crippen molar-refractivity contribution in [2.24, 2.45) is 0 Å². The molecule has 1 amide bonds. The quantitative estimate of drug-likeness (QED) is 0.790. The van der Waals surface area contributed by atoms with Crippen molar-refractivity contribution in [3.63, 3.8) is 0 Å². The Labute approximate surface area is 133 Å². The first kappa shape index (κ1) is 16.6. The molecule has 3 nitrogen and oxygen atoms in total. The van der Waals surface area contributed by atoms with Crippen LogP contribution in [-0.4, -0.2) is 32.2 Å². The lowest BCUT2D eigenvalue weighted by atomic mass is 10.1. The van der Waals surface area contributed by atoms with Crippen LogP contribution in [-0.2, 0) is 0 Å². The number of hydrogen-bond donors (Lipinski definition) is 0. The Bertz CT molecular complexity index is 672. The van der Waals surface area contributed by atoms with E-state index in [1.54, 1.807) is 4.90 Å². The van der Waals surface area contributed by atoms with Crippen molar-refractivity contribution < 1.29 is 9.53 Å². The van der Waals surface area contributed by atoms with Gasteiger partial charge in [-0.25, -0.2) is 4.79 Å². The van der Waals surface area contributed by atoms with Gasteiger partial charge in [-0.05, 0) is 35.9 Å². The maximum atomic E-state index is 12.3. The Morgan fingerprint density at radius 2 is 1.59 bits per heavy atom. The highest BCUT2D eigenvalue weighted by Crippen LogP contribution is 2.23. The molecule has 4 heteroatoms. The standard InChI is InChI=1S/C18H25NO2Si/c1-6-19(7-2)18(20)21-16-12-14-10-8-9-11-15(14)13-17(16)22(3,4)5/h8-13H,6-7H2,1-5H3. The van der Waals surface area contributed by atoms with Gasteiger partial charge in [0.15, 0.2) is 0 Å². The molecule has 0 aliphatic heterocycles. The molecule has 0 atom stereocenters. The van der Waals surface area contributed by atoms with Gasteiger partial charge in [0.2, 0.25) is 0 Å². The average molecular weight is 315 g/mol. The fraction of sp³-hybridized carbons (Fsp3) is 0.389. The third kappa shape index (κ3) is 3.50. The summed E-state index contributed by atoms with van der Waals surface area (Å²) < 4.78 is 5.75. The highest BCUT2D eigenvalue weighted by molar-refractivity contribution is 6.89. The van der Waals surface area contributed by atoms with Crippen LogP contribution >= 0.6 is 0 Å². The van der Waals surface area contributed by atoms with Gasteiger partial charge in [0, 0.05) is 13.1 Å². The maximum Gasteiger partial charge on any atom is 0.415 e. The molecule has 0 spiro atoms. The molecule has 2 aromatic rings. The van der Waals surface area contributed by atoms with Gasteiger partial charge in [-0.1, -0.05) is 50.0 Å². The number of amides is 1. The van der Waals surface area contributed by atoms with Crippen molar-refractivity contribution in [2.75, 3.05) is 13.1 Å². The summed E-state index contributed by atoms with van der Waals surface area (Å²) in [7, 11) is -1.61. The molecule has 0 heterocycles. The number of fused-ring (bicyclic) bond motifs is 1. The van der Waals surface area contributed by atoms with E-state index in [0.29, 0.717) is 13.1 Å². The average Bonchev–Trinajstić information content (AvgIpc) is 2.46. The van der Waals surface area contributed by atoms with E-state index in [2.05, 4.69) is 37.8 Å². The molecule has 0 saturated carbocycles. The van der Waals surface area contributed by atoms with E-state index >= 15 is 0 Å². The summed E-state index contributed by atoms with van der Waals surface area (Å²) in [6.07, 6.45) is -0.264. The first-order valence-corrected chi connectivity index (χ1v) is 11.4. The van der Waals surface area contributed by atoms with Crippen molar-refractivity contribution in [3.8, 4) is 5.75 Å². The van der Waals surface area contributed by atoms with E-state index in [1.807, 2.05) is 32.0 Å². The monoisotopic (exact) mass is 315 g/mol. The minimum Gasteiger partial charge on any atom is -0.410 e. The molecule has 0 unspecified atom stereocenters. The fourth-order valence-electron chi connectivity index (χ4n) is 2.53. The van der Waals surface area contributed by atoms with Crippen molar-refractivity contribution in [1.29, 1.82) is 0 Å². The molecule has 118 valence electrons. The summed E-state index contributed by atoms with van der Waals surface area (Å²) in [6, 6.07) is 12.4. The number of hydrogen-bond acceptors (Lipinski definition) is 2. The molecule has 2 rings (SSSR count).